The van der Waals surface area contributed by atoms with Crippen molar-refractivity contribution in [3.63, 3.8) is 0 Å². The van der Waals surface area contributed by atoms with Crippen LogP contribution in [0.25, 0.3) is 10.8 Å². The molecule has 0 saturated carbocycles. The summed E-state index contributed by atoms with van der Waals surface area (Å²) in [6.45, 7) is 6.52. The monoisotopic (exact) mass is 563 g/mol. The number of benzene rings is 2. The molecule has 2 aromatic carbocycles. The quantitative estimate of drug-likeness (QED) is 0.353. The van der Waals surface area contributed by atoms with E-state index in [2.05, 4.69) is 20.2 Å². The molecule has 0 bridgehead atoms. The first kappa shape index (κ1) is 27.8. The van der Waals surface area contributed by atoms with Crippen molar-refractivity contribution in [3.8, 4) is 0 Å². The largest absolute Gasteiger partial charge is 0.377 e. The lowest BCUT2D eigenvalue weighted by Crippen LogP contribution is -2.42. The molecule has 4 aromatic rings. The van der Waals surface area contributed by atoms with E-state index in [1.165, 1.54) is 6.26 Å². The second-order valence-corrected chi connectivity index (χ2v) is 12.8. The molecule has 1 N–H and O–H groups in total. The smallest absolute Gasteiger partial charge is 0.259 e. The average molecular weight is 564 g/mol. The Hall–Kier alpha value is -3.79. The van der Waals surface area contributed by atoms with Crippen LogP contribution in [0.1, 0.15) is 48.3 Å². The van der Waals surface area contributed by atoms with Crippen LogP contribution < -0.4 is 15.8 Å². The fraction of sp³-hybridized carbons (Fsp3) is 0.367. The number of aromatic nitrogens is 3. The number of nitrogens with zero attached hydrogens (tertiary/aromatic N) is 4. The minimum absolute atomic E-state index is 0.134. The molecule has 0 amide bonds. The van der Waals surface area contributed by atoms with Crippen LogP contribution in [0, 0.1) is 13.8 Å². The summed E-state index contributed by atoms with van der Waals surface area (Å²) >= 11 is 0. The summed E-state index contributed by atoms with van der Waals surface area (Å²) in [5.74, 6) is 1.32. The summed E-state index contributed by atoms with van der Waals surface area (Å²) in [4.78, 5) is 24.2. The molecule has 40 heavy (non-hydrogen) atoms. The van der Waals surface area contributed by atoms with E-state index in [1.807, 2.05) is 32.0 Å². The molecule has 210 valence electrons. The number of piperidine rings is 1. The van der Waals surface area contributed by atoms with E-state index in [0.29, 0.717) is 41.4 Å². The van der Waals surface area contributed by atoms with E-state index in [4.69, 9.17) is 0 Å². The standard InChI is InChI=1S/C30H34FN5O3S/c1-19-14-23(20(2)34-26-8-6-7-9-27(26)40(5,38)39)24-16-28(35(4)29(37)25(24)15-19)36-12-10-30(31,11-13-36)22-17-32-21(3)33-18-22/h6-9,14-18,20,34H,10-13H2,1-5H3/t20-/m1/s1. The Labute approximate surface area is 233 Å². The predicted octanol–water partition coefficient (Wildman–Crippen LogP) is 4.99. The third-order valence-electron chi connectivity index (χ3n) is 7.81. The number of rotatable bonds is 6. The Morgan fingerprint density at radius 1 is 1.02 bits per heavy atom. The van der Waals surface area contributed by atoms with Crippen molar-refractivity contribution in [1.29, 1.82) is 0 Å². The van der Waals surface area contributed by atoms with Crippen LogP contribution in [0.5, 0.6) is 0 Å². The molecule has 1 aliphatic rings. The highest BCUT2D eigenvalue weighted by Crippen LogP contribution is 2.38. The van der Waals surface area contributed by atoms with Gasteiger partial charge in [0.2, 0.25) is 0 Å². The average Bonchev–Trinajstić information content (AvgIpc) is 2.91. The fourth-order valence-electron chi connectivity index (χ4n) is 5.56. The molecule has 1 atom stereocenters. The molecule has 1 aliphatic heterocycles. The van der Waals surface area contributed by atoms with Crippen LogP contribution in [0.2, 0.25) is 0 Å². The molecular formula is C30H34FN5O3S. The van der Waals surface area contributed by atoms with Crippen molar-refractivity contribution in [2.75, 3.05) is 29.6 Å². The molecular weight excluding hydrogens is 529 g/mol. The zero-order valence-corrected chi connectivity index (χ0v) is 24.2. The number of sulfone groups is 1. The number of hydrogen-bond donors (Lipinski definition) is 1. The molecule has 1 fully saturated rings. The third-order valence-corrected chi connectivity index (χ3v) is 8.97. The molecule has 0 radical (unpaired) electrons. The molecule has 2 aromatic heterocycles. The summed E-state index contributed by atoms with van der Waals surface area (Å²) in [6.07, 6.45) is 4.83. The summed E-state index contributed by atoms with van der Waals surface area (Å²) in [7, 11) is -1.69. The van der Waals surface area contributed by atoms with Crippen molar-refractivity contribution >= 4 is 32.1 Å². The van der Waals surface area contributed by atoms with Crippen LogP contribution in [0.15, 0.2) is 64.5 Å². The zero-order chi connectivity index (χ0) is 28.8. The van der Waals surface area contributed by atoms with Gasteiger partial charge in [-0.1, -0.05) is 18.2 Å². The fourth-order valence-corrected chi connectivity index (χ4v) is 6.41. The van der Waals surface area contributed by atoms with Gasteiger partial charge in [-0.25, -0.2) is 22.8 Å². The van der Waals surface area contributed by atoms with Gasteiger partial charge in [0.25, 0.3) is 5.56 Å². The third kappa shape index (κ3) is 5.20. The van der Waals surface area contributed by atoms with Gasteiger partial charge in [-0.3, -0.25) is 9.36 Å². The first-order valence-corrected chi connectivity index (χ1v) is 15.2. The number of halogens is 1. The lowest BCUT2D eigenvalue weighted by atomic mass is 9.87. The van der Waals surface area contributed by atoms with Crippen molar-refractivity contribution in [2.24, 2.45) is 7.05 Å². The van der Waals surface area contributed by atoms with Crippen LogP contribution in [-0.2, 0) is 22.6 Å². The Morgan fingerprint density at radius 3 is 2.33 bits per heavy atom. The first-order chi connectivity index (χ1) is 18.9. The van der Waals surface area contributed by atoms with Crippen LogP contribution >= 0.6 is 0 Å². The van der Waals surface area contributed by atoms with Gasteiger partial charge < -0.3 is 10.2 Å². The number of aryl methyl sites for hydroxylation is 2. The molecule has 5 rings (SSSR count). The number of alkyl halides is 1. The van der Waals surface area contributed by atoms with Crippen LogP contribution in [-0.4, -0.2) is 42.3 Å². The van der Waals surface area contributed by atoms with Crippen molar-refractivity contribution in [2.45, 2.75) is 50.2 Å². The van der Waals surface area contributed by atoms with E-state index in [9.17, 15) is 13.2 Å². The molecule has 10 heteroatoms. The topological polar surface area (TPSA) is 97.2 Å². The number of nitrogens with one attached hydrogen (secondary N) is 1. The van der Waals surface area contributed by atoms with Crippen LogP contribution in [0.4, 0.5) is 15.9 Å². The van der Waals surface area contributed by atoms with Gasteiger partial charge >= 0.3 is 0 Å². The number of anilines is 2. The van der Waals surface area contributed by atoms with Gasteiger partial charge in [0, 0.05) is 68.6 Å². The summed E-state index contributed by atoms with van der Waals surface area (Å²) in [6, 6.07) is 12.4. The minimum Gasteiger partial charge on any atom is -0.377 e. The van der Waals surface area contributed by atoms with Gasteiger partial charge in [-0.2, -0.15) is 0 Å². The maximum Gasteiger partial charge on any atom is 0.259 e. The van der Waals surface area contributed by atoms with E-state index < -0.39 is 15.5 Å². The summed E-state index contributed by atoms with van der Waals surface area (Å²) < 4.78 is 42.2. The number of pyridine rings is 1. The maximum atomic E-state index is 15.9. The van der Waals surface area contributed by atoms with Crippen molar-refractivity contribution < 1.29 is 12.8 Å². The Bertz CT molecular complexity index is 1740. The Kier molecular flexibility index (Phi) is 7.16. The number of para-hydroxylation sites is 1. The molecule has 0 spiro atoms. The van der Waals surface area contributed by atoms with Gasteiger partial charge in [0.15, 0.2) is 9.84 Å². The minimum atomic E-state index is -3.44. The molecule has 3 heterocycles. The summed E-state index contributed by atoms with van der Waals surface area (Å²) in [5, 5.41) is 4.72. The zero-order valence-electron chi connectivity index (χ0n) is 23.4. The highest BCUT2D eigenvalue weighted by atomic mass is 32.2. The SMILES string of the molecule is Cc1cc([C@@H](C)Nc2ccccc2S(C)(=O)=O)c2cc(N3CCC(F)(c4cnc(C)nc4)CC3)n(C)c(=O)c2c1. The highest BCUT2D eigenvalue weighted by molar-refractivity contribution is 7.90. The van der Waals surface area contributed by atoms with Gasteiger partial charge in [-0.05, 0) is 61.5 Å². The summed E-state index contributed by atoms with van der Waals surface area (Å²) in [5.41, 5.74) is 1.14. The second-order valence-electron chi connectivity index (χ2n) is 10.8. The molecule has 0 unspecified atom stereocenters. The highest BCUT2D eigenvalue weighted by Gasteiger charge is 2.37. The molecule has 0 aliphatic carbocycles. The van der Waals surface area contributed by atoms with E-state index in [-0.39, 0.29) is 29.3 Å². The Morgan fingerprint density at radius 2 is 1.68 bits per heavy atom. The van der Waals surface area contributed by atoms with Crippen molar-refractivity contribution in [3.05, 3.63) is 87.7 Å². The van der Waals surface area contributed by atoms with E-state index in [0.717, 1.165) is 16.5 Å². The lowest BCUT2D eigenvalue weighted by Gasteiger charge is -2.38. The predicted molar refractivity (Wildman–Crippen MR) is 157 cm³/mol. The van der Waals surface area contributed by atoms with E-state index in [1.54, 1.807) is 55.2 Å². The van der Waals surface area contributed by atoms with Crippen LogP contribution in [0.3, 0.4) is 0 Å². The van der Waals surface area contributed by atoms with Crippen molar-refractivity contribution in [1.82, 2.24) is 14.5 Å². The second kappa shape index (κ2) is 10.3. The van der Waals surface area contributed by atoms with E-state index >= 15 is 4.39 Å². The lowest BCUT2D eigenvalue weighted by molar-refractivity contribution is 0.123. The molecule has 1 saturated heterocycles. The van der Waals surface area contributed by atoms with Gasteiger partial charge in [-0.15, -0.1) is 0 Å². The van der Waals surface area contributed by atoms with Gasteiger partial charge in [0.05, 0.1) is 10.6 Å². The Balaban J connectivity index is 1.51. The maximum absolute atomic E-state index is 15.9. The number of fused-ring (bicyclic) bond motifs is 1. The molecule has 8 nitrogen and oxygen atoms in total. The first-order valence-electron chi connectivity index (χ1n) is 13.3. The normalized spacial score (nSPS) is 16.2. The number of hydrogen-bond acceptors (Lipinski definition) is 7. The van der Waals surface area contributed by atoms with Gasteiger partial charge in [0.1, 0.15) is 17.3 Å².